The molecule has 0 aromatic rings. The maximum atomic E-state index is 8.52. The van der Waals surface area contributed by atoms with Crippen LogP contribution in [0.1, 0.15) is 0 Å². The third-order valence-electron chi connectivity index (χ3n) is 0. The Morgan fingerprint density at radius 2 is 0.688 bits per heavy atom. The number of rotatable bonds is 0. The summed E-state index contributed by atoms with van der Waals surface area (Å²) in [5, 5.41) is 0. The van der Waals surface area contributed by atoms with Crippen molar-refractivity contribution >= 4 is 58.5 Å². The molecule has 97 valence electrons. The predicted octanol–water partition coefficient (Wildman–Crippen LogP) is -4.24. The Morgan fingerprint density at radius 3 is 0.688 bits per heavy atom. The summed E-state index contributed by atoms with van der Waals surface area (Å²) in [5.74, 6) is 0. The van der Waals surface area contributed by atoms with E-state index >= 15 is 0 Å². The first-order valence-corrected chi connectivity index (χ1v) is 4.00. The van der Waals surface area contributed by atoms with Gasteiger partial charge in [-0.1, -0.05) is 0 Å². The molecule has 0 saturated carbocycles. The average molecular weight is 413 g/mol. The minimum absolute atomic E-state index is 0. The molecule has 0 amide bonds. The van der Waals surface area contributed by atoms with Gasteiger partial charge in [-0.05, 0) is 0 Å². The molecular weight excluding hydrogens is 409 g/mol. The van der Waals surface area contributed by atoms with Crippen molar-refractivity contribution in [3.05, 3.63) is 0 Å². The van der Waals surface area contributed by atoms with Gasteiger partial charge in [0.2, 0.25) is 0 Å². The summed E-state index contributed by atoms with van der Waals surface area (Å²) in [6.45, 7) is 0. The van der Waals surface area contributed by atoms with Crippen molar-refractivity contribution in [2.45, 2.75) is 0 Å². The van der Waals surface area contributed by atoms with Crippen LogP contribution in [-0.4, -0.2) is 89.2 Å². The molecule has 0 aromatic carbocycles. The van der Waals surface area contributed by atoms with Gasteiger partial charge in [0.15, 0.2) is 0 Å². The predicted molar refractivity (Wildman–Crippen MR) is 34.2 cm³/mol. The Bertz CT molecular complexity index is 220. The van der Waals surface area contributed by atoms with E-state index in [0.717, 1.165) is 0 Å². The summed E-state index contributed by atoms with van der Waals surface area (Å²) in [4.78, 5) is 0. The van der Waals surface area contributed by atoms with Gasteiger partial charge in [-0.3, -0.25) is 16.8 Å². The van der Waals surface area contributed by atoms with Crippen LogP contribution in [0.4, 0.5) is 0 Å². The van der Waals surface area contributed by atoms with Gasteiger partial charge in [0, 0.05) is 20.8 Å². The molecule has 0 rings (SSSR count). The van der Waals surface area contributed by atoms with Crippen molar-refractivity contribution in [3.63, 3.8) is 0 Å². The van der Waals surface area contributed by atoms with Crippen LogP contribution in [0.15, 0.2) is 0 Å². The zero-order chi connectivity index (χ0) is 9.00. The van der Waals surface area contributed by atoms with Crippen molar-refractivity contribution in [3.8, 4) is 0 Å². The van der Waals surface area contributed by atoms with Crippen molar-refractivity contribution in [1.29, 1.82) is 0 Å². The van der Waals surface area contributed by atoms with Gasteiger partial charge in [-0.25, -0.2) is 0 Å². The molecule has 16 heavy (non-hydrogen) atoms. The van der Waals surface area contributed by atoms with E-state index in [9.17, 15) is 0 Å². The maximum absolute atomic E-state index is 8.52. The second-order valence-corrected chi connectivity index (χ2v) is 2.45. The summed E-state index contributed by atoms with van der Waals surface area (Å²) in [6.07, 6.45) is 0. The van der Waals surface area contributed by atoms with Crippen LogP contribution in [-0.2, 0) is 57.3 Å². The molecule has 4 N–H and O–H groups in total. The average Bonchev–Trinajstić information content (AvgIpc) is 1.12. The van der Waals surface area contributed by atoms with Crippen LogP contribution < -0.4 is 0 Å². The summed E-state index contributed by atoms with van der Waals surface area (Å²) in [7, 11) is -10.3. The Balaban J connectivity index is -0.00000000970. The van der Waals surface area contributed by atoms with Crippen LogP contribution in [0.5, 0.6) is 0 Å². The molecule has 0 aliphatic rings. The molecule has 0 unspecified atom stereocenters. The zero-order valence-electron chi connectivity index (χ0n) is 7.19. The molecule has 0 saturated heterocycles. The van der Waals surface area contributed by atoms with Gasteiger partial charge < -0.3 is 34.6 Å². The van der Waals surface area contributed by atoms with E-state index in [1.807, 2.05) is 0 Å². The van der Waals surface area contributed by atoms with E-state index in [1.54, 1.807) is 0 Å². The van der Waals surface area contributed by atoms with Crippen LogP contribution in [0.25, 0.3) is 0 Å². The molecule has 1 radical (unpaired) electrons. The maximum Gasteiger partial charge on any atom is 2.00 e. The Hall–Kier alpha value is 2.02. The fourth-order valence-corrected chi connectivity index (χ4v) is 0. The fraction of sp³-hybridized carbons (Fsp3) is 0. The topological polar surface area (TPSA) is 252 Å². The van der Waals surface area contributed by atoms with Crippen LogP contribution >= 0.6 is 0 Å². The molecule has 0 aromatic heterocycles. The van der Waals surface area contributed by atoms with E-state index in [4.69, 9.17) is 35.0 Å². The standard InChI is InChI=1S/Ca.Cu.2H2O4S.3H2O.Zn/c;;2*1-5(2,3)4;;;;/h;;2*(H2,1,2,3,4);3*1H2;/q2*+2;;;;;;+2/p-6. The third-order valence-corrected chi connectivity index (χ3v) is 0. The minimum Gasteiger partial charge on any atom is -0.870 e. The first-order chi connectivity index (χ1) is 4.00. The quantitative estimate of drug-likeness (QED) is 0.210. The van der Waals surface area contributed by atoms with Gasteiger partial charge in [0.25, 0.3) is 0 Å². The monoisotopic (exact) mass is 411 g/mol. The summed E-state index contributed by atoms with van der Waals surface area (Å²) in [6, 6.07) is 0. The van der Waals surface area contributed by atoms with Crippen molar-refractivity contribution in [1.82, 2.24) is 0 Å². The van der Waals surface area contributed by atoms with Crippen molar-refractivity contribution < 1.29 is 88.0 Å². The second kappa shape index (κ2) is 22.2. The zero-order valence-corrected chi connectivity index (χ0v) is 14.9. The van der Waals surface area contributed by atoms with Crippen LogP contribution in [0, 0.1) is 0 Å². The van der Waals surface area contributed by atoms with E-state index in [-0.39, 0.29) is 90.7 Å². The second-order valence-electron chi connectivity index (χ2n) is 0.816. The number of hydrogen-bond acceptors (Lipinski definition) is 10. The van der Waals surface area contributed by atoms with E-state index < -0.39 is 20.8 Å². The fourth-order valence-electron chi connectivity index (χ4n) is 0. The minimum atomic E-state index is -5.17. The SMILES string of the molecule is O.O=S(=O)([O-])[O-].O=S(=O)([O-])[O-].[Ca+2].[Cu+2].[OH-].[OH-].[Zn+2]. The van der Waals surface area contributed by atoms with Gasteiger partial charge >= 0.3 is 74.3 Å². The van der Waals surface area contributed by atoms with Gasteiger partial charge in [-0.15, -0.1) is 0 Å². The van der Waals surface area contributed by atoms with Crippen molar-refractivity contribution in [2.75, 3.05) is 0 Å². The number of hydrogen-bond donors (Lipinski definition) is 0. The first kappa shape index (κ1) is 52.0. The Labute approximate surface area is 145 Å². The molecule has 0 bridgehead atoms. The summed E-state index contributed by atoms with van der Waals surface area (Å²) in [5.41, 5.74) is 0. The molecule has 0 aliphatic heterocycles. The molecule has 11 nitrogen and oxygen atoms in total. The molecule has 0 fully saturated rings. The molecule has 0 atom stereocenters. The molecule has 0 spiro atoms. The van der Waals surface area contributed by atoms with E-state index in [0.29, 0.717) is 0 Å². The smallest absolute Gasteiger partial charge is 0.870 e. The summed E-state index contributed by atoms with van der Waals surface area (Å²) >= 11 is 0. The van der Waals surface area contributed by atoms with Crippen LogP contribution in [0.3, 0.4) is 0 Å². The molecule has 0 heterocycles. The van der Waals surface area contributed by atoms with E-state index in [2.05, 4.69) is 0 Å². The Morgan fingerprint density at radius 1 is 0.688 bits per heavy atom. The largest absolute Gasteiger partial charge is 2.00 e. The third kappa shape index (κ3) is 884. The van der Waals surface area contributed by atoms with Gasteiger partial charge in [-0.2, -0.15) is 0 Å². The molecular formula is H4CaCuO11S2Zn. The van der Waals surface area contributed by atoms with Gasteiger partial charge in [0.1, 0.15) is 0 Å². The van der Waals surface area contributed by atoms with Crippen molar-refractivity contribution in [2.24, 2.45) is 0 Å². The Kier molecular flexibility index (Phi) is 72.2. The first-order valence-electron chi connectivity index (χ1n) is 1.33. The van der Waals surface area contributed by atoms with E-state index in [1.165, 1.54) is 0 Å². The molecule has 16 heteroatoms. The molecule has 0 aliphatic carbocycles. The van der Waals surface area contributed by atoms with Crippen LogP contribution in [0.2, 0.25) is 0 Å². The summed E-state index contributed by atoms with van der Waals surface area (Å²) < 4.78 is 68.2. The normalized spacial score (nSPS) is 7.25. The van der Waals surface area contributed by atoms with Gasteiger partial charge in [0.05, 0.1) is 0 Å².